The van der Waals surface area contributed by atoms with Crippen molar-refractivity contribution in [1.82, 2.24) is 0 Å². The Morgan fingerprint density at radius 3 is 2.69 bits per heavy atom. The number of nitriles is 1. The van der Waals surface area contributed by atoms with Gasteiger partial charge in [-0.2, -0.15) is 5.26 Å². The molecule has 0 bridgehead atoms. The molecule has 1 rings (SSSR count). The van der Waals surface area contributed by atoms with Crippen molar-refractivity contribution in [2.45, 2.75) is 13.8 Å². The fourth-order valence-electron chi connectivity index (χ4n) is 1.28. The van der Waals surface area contributed by atoms with Crippen molar-refractivity contribution in [3.8, 4) is 6.07 Å². The molecule has 0 radical (unpaired) electrons. The summed E-state index contributed by atoms with van der Waals surface area (Å²) in [6, 6.07) is 7.14. The number of amides is 1. The van der Waals surface area contributed by atoms with Crippen LogP contribution in [0.15, 0.2) is 30.0 Å². The van der Waals surface area contributed by atoms with Crippen LogP contribution in [0.4, 0.5) is 5.69 Å². The highest BCUT2D eigenvalue weighted by Crippen LogP contribution is 2.16. The van der Waals surface area contributed by atoms with Crippen LogP contribution in [0.2, 0.25) is 0 Å². The minimum atomic E-state index is -0.614. The van der Waals surface area contributed by atoms with Crippen molar-refractivity contribution in [1.29, 1.82) is 5.26 Å². The van der Waals surface area contributed by atoms with Crippen molar-refractivity contribution >= 4 is 11.6 Å². The topological polar surface area (TPSA) is 73.1 Å². The molecule has 1 amide bonds. The van der Waals surface area contributed by atoms with Crippen molar-refractivity contribution < 1.29 is 9.90 Å². The van der Waals surface area contributed by atoms with E-state index in [0.717, 1.165) is 11.1 Å². The van der Waals surface area contributed by atoms with Gasteiger partial charge in [-0.3, -0.25) is 4.79 Å². The highest BCUT2D eigenvalue weighted by molar-refractivity contribution is 6.06. The Kier molecular flexibility index (Phi) is 3.67. The van der Waals surface area contributed by atoms with Crippen LogP contribution in [0.5, 0.6) is 0 Å². The Balaban J connectivity index is 2.90. The van der Waals surface area contributed by atoms with Gasteiger partial charge in [0.15, 0.2) is 5.57 Å². The Labute approximate surface area is 93.8 Å². The number of aliphatic hydroxyl groups is 1. The van der Waals surface area contributed by atoms with Gasteiger partial charge in [0, 0.05) is 5.69 Å². The van der Waals surface area contributed by atoms with Gasteiger partial charge in [-0.1, -0.05) is 17.7 Å². The van der Waals surface area contributed by atoms with Gasteiger partial charge in [0.1, 0.15) is 12.3 Å². The second-order valence-corrected chi connectivity index (χ2v) is 3.43. The third kappa shape index (κ3) is 2.61. The first-order valence-electron chi connectivity index (χ1n) is 4.71. The summed E-state index contributed by atoms with van der Waals surface area (Å²) in [4.78, 5) is 11.4. The molecule has 4 heteroatoms. The maximum atomic E-state index is 11.4. The molecule has 0 saturated heterocycles. The number of nitrogens with zero attached hydrogens (tertiary/aromatic N) is 1. The summed E-state index contributed by atoms with van der Waals surface area (Å²) in [6.45, 7) is 3.81. The predicted molar refractivity (Wildman–Crippen MR) is 60.9 cm³/mol. The summed E-state index contributed by atoms with van der Waals surface area (Å²) < 4.78 is 0. The van der Waals surface area contributed by atoms with Crippen LogP contribution >= 0.6 is 0 Å². The number of nitrogens with one attached hydrogen (secondary N) is 1. The summed E-state index contributed by atoms with van der Waals surface area (Å²) in [5.41, 5.74) is 2.31. The number of hydrogen-bond acceptors (Lipinski definition) is 3. The number of aliphatic hydroxyl groups excluding tert-OH is 1. The lowest BCUT2D eigenvalue weighted by molar-refractivity contribution is -0.112. The monoisotopic (exact) mass is 216 g/mol. The van der Waals surface area contributed by atoms with Crippen LogP contribution < -0.4 is 5.32 Å². The molecule has 0 fully saturated rings. The quantitative estimate of drug-likeness (QED) is 0.452. The van der Waals surface area contributed by atoms with E-state index in [9.17, 15) is 4.79 Å². The molecule has 0 aliphatic heterocycles. The normalized spacial score (nSPS) is 10.7. The highest BCUT2D eigenvalue weighted by Gasteiger charge is 2.10. The van der Waals surface area contributed by atoms with E-state index in [2.05, 4.69) is 5.32 Å². The molecule has 4 nitrogen and oxygen atoms in total. The molecule has 82 valence electrons. The Bertz CT molecular complexity index is 484. The predicted octanol–water partition coefficient (Wildman–Crippen LogP) is 2.21. The van der Waals surface area contributed by atoms with Crippen LogP contribution in [-0.2, 0) is 4.79 Å². The van der Waals surface area contributed by atoms with Gasteiger partial charge < -0.3 is 10.4 Å². The minimum absolute atomic E-state index is 0.319. The van der Waals surface area contributed by atoms with Crippen molar-refractivity contribution in [2.75, 3.05) is 5.32 Å². The van der Waals surface area contributed by atoms with Crippen LogP contribution in [0, 0.1) is 25.2 Å². The molecular weight excluding hydrogens is 204 g/mol. The molecule has 0 saturated carbocycles. The molecular formula is C12H12N2O2. The number of benzene rings is 1. The van der Waals surface area contributed by atoms with Gasteiger partial charge in [0.05, 0.1) is 0 Å². The number of anilines is 1. The summed E-state index contributed by atoms with van der Waals surface area (Å²) in [5.74, 6) is -0.614. The SMILES string of the molecule is Cc1ccc(NC(=O)/C(C#N)=C/O)c(C)c1. The standard InChI is InChI=1S/C12H12N2O2/c1-8-3-4-11(9(2)5-8)14-12(16)10(6-13)7-15/h3-5,7,15H,1-2H3,(H,14,16)/b10-7+. The molecule has 0 heterocycles. The largest absolute Gasteiger partial charge is 0.514 e. The van der Waals surface area contributed by atoms with E-state index in [1.807, 2.05) is 26.0 Å². The Morgan fingerprint density at radius 2 is 2.19 bits per heavy atom. The average Bonchev–Trinajstić information content (AvgIpc) is 2.24. The second kappa shape index (κ2) is 4.99. The zero-order chi connectivity index (χ0) is 12.1. The average molecular weight is 216 g/mol. The second-order valence-electron chi connectivity index (χ2n) is 3.43. The van der Waals surface area contributed by atoms with Crippen LogP contribution in [-0.4, -0.2) is 11.0 Å². The fraction of sp³-hybridized carbons (Fsp3) is 0.167. The van der Waals surface area contributed by atoms with E-state index in [0.29, 0.717) is 11.9 Å². The van der Waals surface area contributed by atoms with Crippen molar-refractivity contribution in [3.05, 3.63) is 41.2 Å². The maximum Gasteiger partial charge on any atom is 0.269 e. The summed E-state index contributed by atoms with van der Waals surface area (Å²) >= 11 is 0. The zero-order valence-corrected chi connectivity index (χ0v) is 9.11. The van der Waals surface area contributed by atoms with Crippen LogP contribution in [0.1, 0.15) is 11.1 Å². The summed E-state index contributed by atoms with van der Waals surface area (Å²) in [7, 11) is 0. The van der Waals surface area contributed by atoms with Crippen molar-refractivity contribution in [2.24, 2.45) is 0 Å². The first-order chi connectivity index (χ1) is 7.58. The van der Waals surface area contributed by atoms with Gasteiger partial charge in [-0.15, -0.1) is 0 Å². The van der Waals surface area contributed by atoms with E-state index in [4.69, 9.17) is 10.4 Å². The number of aryl methyl sites for hydroxylation is 2. The highest BCUT2D eigenvalue weighted by atomic mass is 16.2. The van der Waals surface area contributed by atoms with Gasteiger partial charge >= 0.3 is 0 Å². The Morgan fingerprint density at radius 1 is 1.50 bits per heavy atom. The van der Waals surface area contributed by atoms with E-state index in [1.54, 1.807) is 12.1 Å². The smallest absolute Gasteiger partial charge is 0.269 e. The van der Waals surface area contributed by atoms with E-state index < -0.39 is 5.91 Å². The first kappa shape index (κ1) is 11.8. The number of carbonyl (C=O) groups is 1. The van der Waals surface area contributed by atoms with Gasteiger partial charge in [-0.05, 0) is 25.5 Å². The maximum absolute atomic E-state index is 11.4. The third-order valence-electron chi connectivity index (χ3n) is 2.12. The van der Waals surface area contributed by atoms with Crippen LogP contribution in [0.3, 0.4) is 0 Å². The van der Waals surface area contributed by atoms with Crippen LogP contribution in [0.25, 0.3) is 0 Å². The molecule has 0 unspecified atom stereocenters. The zero-order valence-electron chi connectivity index (χ0n) is 9.11. The molecule has 1 aromatic carbocycles. The molecule has 1 aromatic rings. The van der Waals surface area contributed by atoms with Gasteiger partial charge in [-0.25, -0.2) is 0 Å². The third-order valence-corrected chi connectivity index (χ3v) is 2.12. The Hall–Kier alpha value is -2.28. The summed E-state index contributed by atoms with van der Waals surface area (Å²) in [5, 5.41) is 19.7. The molecule has 0 atom stereocenters. The lowest BCUT2D eigenvalue weighted by Gasteiger charge is -2.07. The van der Waals surface area contributed by atoms with E-state index in [-0.39, 0.29) is 5.57 Å². The molecule has 0 aromatic heterocycles. The van der Waals surface area contributed by atoms with Gasteiger partial charge in [0.2, 0.25) is 0 Å². The minimum Gasteiger partial charge on any atom is -0.514 e. The molecule has 0 aliphatic carbocycles. The number of hydrogen-bond donors (Lipinski definition) is 2. The first-order valence-corrected chi connectivity index (χ1v) is 4.71. The molecule has 0 spiro atoms. The van der Waals surface area contributed by atoms with E-state index in [1.165, 1.54) is 0 Å². The fourth-order valence-corrected chi connectivity index (χ4v) is 1.28. The van der Waals surface area contributed by atoms with E-state index >= 15 is 0 Å². The van der Waals surface area contributed by atoms with Gasteiger partial charge in [0.25, 0.3) is 5.91 Å². The summed E-state index contributed by atoms with van der Waals surface area (Å²) in [6.07, 6.45) is 0.499. The lowest BCUT2D eigenvalue weighted by Crippen LogP contribution is -2.14. The molecule has 0 aliphatic rings. The number of rotatable bonds is 2. The van der Waals surface area contributed by atoms with Crippen molar-refractivity contribution in [3.63, 3.8) is 0 Å². The number of carbonyl (C=O) groups excluding carboxylic acids is 1. The molecule has 2 N–H and O–H groups in total. The lowest BCUT2D eigenvalue weighted by atomic mass is 10.1. The molecule has 16 heavy (non-hydrogen) atoms.